The van der Waals surface area contributed by atoms with Gasteiger partial charge in [0.2, 0.25) is 5.91 Å². The van der Waals surface area contributed by atoms with Gasteiger partial charge in [-0.2, -0.15) is 0 Å². The predicted molar refractivity (Wildman–Crippen MR) is 67.0 cm³/mol. The zero-order chi connectivity index (χ0) is 13.5. The Morgan fingerprint density at radius 1 is 1.61 bits per heavy atom. The number of rotatable bonds is 7. The third-order valence-electron chi connectivity index (χ3n) is 2.41. The first-order valence-corrected chi connectivity index (χ1v) is 5.85. The molecule has 1 rings (SSSR count). The molecule has 102 valence electrons. The number of nitrogens with zero attached hydrogens (tertiary/aromatic N) is 4. The molecule has 0 aromatic carbocycles. The summed E-state index contributed by atoms with van der Waals surface area (Å²) in [6, 6.07) is -0.170. The molecule has 7 heteroatoms. The number of hydrogen-bond donors (Lipinski definition) is 1. The number of carbonyl (C=O) groups is 1. The van der Waals surface area contributed by atoms with Crippen molar-refractivity contribution < 1.29 is 9.53 Å². The van der Waals surface area contributed by atoms with Crippen LogP contribution in [0.25, 0.3) is 0 Å². The van der Waals surface area contributed by atoms with Crippen molar-refractivity contribution in [1.29, 1.82) is 0 Å². The lowest BCUT2D eigenvalue weighted by atomic mass is 10.3. The second kappa shape index (κ2) is 7.07. The van der Waals surface area contributed by atoms with E-state index in [0.717, 1.165) is 5.82 Å². The van der Waals surface area contributed by atoms with Crippen molar-refractivity contribution in [2.45, 2.75) is 19.5 Å². The largest absolute Gasteiger partial charge is 0.383 e. The van der Waals surface area contributed by atoms with Gasteiger partial charge in [0, 0.05) is 13.7 Å². The van der Waals surface area contributed by atoms with Crippen LogP contribution in [0.1, 0.15) is 18.8 Å². The van der Waals surface area contributed by atoms with Gasteiger partial charge >= 0.3 is 0 Å². The first kappa shape index (κ1) is 14.6. The maximum atomic E-state index is 11.6. The van der Waals surface area contributed by atoms with Gasteiger partial charge in [-0.15, -0.1) is 10.2 Å². The highest BCUT2D eigenvalue weighted by Crippen LogP contribution is 2.08. The van der Waals surface area contributed by atoms with Crippen LogP contribution in [0, 0.1) is 0 Å². The monoisotopic (exact) mass is 255 g/mol. The molecule has 18 heavy (non-hydrogen) atoms. The van der Waals surface area contributed by atoms with Gasteiger partial charge in [-0.3, -0.25) is 4.79 Å². The molecule has 1 atom stereocenters. The Kier molecular flexibility index (Phi) is 5.73. The number of ether oxygens (including phenoxy) is 1. The van der Waals surface area contributed by atoms with E-state index in [1.165, 1.54) is 0 Å². The predicted octanol–water partition coefficient (Wildman–Crippen LogP) is -0.337. The van der Waals surface area contributed by atoms with Crippen LogP contribution >= 0.6 is 0 Å². The Morgan fingerprint density at radius 3 is 2.94 bits per heavy atom. The molecule has 1 amide bonds. The van der Waals surface area contributed by atoms with Gasteiger partial charge in [0.15, 0.2) is 5.82 Å². The highest BCUT2D eigenvalue weighted by atomic mass is 16.5. The molecule has 0 fully saturated rings. The molecule has 1 aromatic heterocycles. The van der Waals surface area contributed by atoms with Crippen LogP contribution < -0.4 is 5.32 Å². The van der Waals surface area contributed by atoms with Gasteiger partial charge in [-0.1, -0.05) is 0 Å². The quantitative estimate of drug-likeness (QED) is 0.722. The summed E-state index contributed by atoms with van der Waals surface area (Å²) in [7, 11) is 5.35. The fourth-order valence-electron chi connectivity index (χ4n) is 1.60. The Bertz CT molecular complexity index is 377. The van der Waals surface area contributed by atoms with E-state index in [1.807, 2.05) is 30.5 Å². The molecule has 0 aliphatic heterocycles. The maximum absolute atomic E-state index is 11.6. The number of carbonyl (C=O) groups excluding carboxylic acids is 1. The van der Waals surface area contributed by atoms with Gasteiger partial charge in [0.05, 0.1) is 19.2 Å². The van der Waals surface area contributed by atoms with E-state index in [1.54, 1.807) is 13.4 Å². The van der Waals surface area contributed by atoms with Gasteiger partial charge in [-0.25, -0.2) is 0 Å². The molecule has 0 unspecified atom stereocenters. The van der Waals surface area contributed by atoms with Crippen molar-refractivity contribution in [3.63, 3.8) is 0 Å². The minimum absolute atomic E-state index is 0.0335. The van der Waals surface area contributed by atoms with Crippen LogP contribution in [-0.4, -0.2) is 59.9 Å². The summed E-state index contributed by atoms with van der Waals surface area (Å²) in [5, 5.41) is 10.8. The number of amides is 1. The number of nitrogens with one attached hydrogen (secondary N) is 1. The zero-order valence-electron chi connectivity index (χ0n) is 11.4. The molecule has 0 radical (unpaired) electrons. The summed E-state index contributed by atoms with van der Waals surface area (Å²) < 4.78 is 6.89. The number of aromatic nitrogens is 3. The van der Waals surface area contributed by atoms with Gasteiger partial charge in [-0.05, 0) is 21.0 Å². The van der Waals surface area contributed by atoms with Crippen LogP contribution in [0.3, 0.4) is 0 Å². The van der Waals surface area contributed by atoms with Gasteiger partial charge < -0.3 is 19.5 Å². The Hall–Kier alpha value is -1.47. The summed E-state index contributed by atoms with van der Waals surface area (Å²) in [5.74, 6) is 0.702. The van der Waals surface area contributed by atoms with Crippen LogP contribution in [0.2, 0.25) is 0 Å². The molecule has 0 saturated carbocycles. The lowest BCUT2D eigenvalue weighted by Crippen LogP contribution is -2.35. The third-order valence-corrected chi connectivity index (χ3v) is 2.41. The molecule has 0 spiro atoms. The normalized spacial score (nSPS) is 12.7. The summed E-state index contributed by atoms with van der Waals surface area (Å²) >= 11 is 0. The highest BCUT2D eigenvalue weighted by Gasteiger charge is 2.15. The molecule has 0 bridgehead atoms. The molecular formula is C11H21N5O2. The van der Waals surface area contributed by atoms with E-state index in [0.29, 0.717) is 19.7 Å². The molecule has 0 saturated heterocycles. The van der Waals surface area contributed by atoms with Crippen molar-refractivity contribution in [2.75, 3.05) is 34.4 Å². The fourth-order valence-corrected chi connectivity index (χ4v) is 1.60. The van der Waals surface area contributed by atoms with Crippen LogP contribution in [0.5, 0.6) is 0 Å². The van der Waals surface area contributed by atoms with Gasteiger partial charge in [0.25, 0.3) is 0 Å². The number of likely N-dealkylation sites (N-methyl/N-ethyl adjacent to an activating group) is 1. The first-order valence-electron chi connectivity index (χ1n) is 5.85. The third kappa shape index (κ3) is 4.42. The Morgan fingerprint density at radius 2 is 2.33 bits per heavy atom. The van der Waals surface area contributed by atoms with Crippen molar-refractivity contribution in [3.8, 4) is 0 Å². The van der Waals surface area contributed by atoms with Gasteiger partial charge in [0.1, 0.15) is 6.33 Å². The molecular weight excluding hydrogens is 234 g/mol. The minimum atomic E-state index is -0.170. The lowest BCUT2D eigenvalue weighted by Gasteiger charge is -2.16. The molecule has 7 nitrogen and oxygen atoms in total. The minimum Gasteiger partial charge on any atom is -0.383 e. The molecule has 0 aliphatic rings. The maximum Gasteiger partial charge on any atom is 0.234 e. The second-order valence-corrected chi connectivity index (χ2v) is 4.40. The number of hydrogen-bond acceptors (Lipinski definition) is 5. The van der Waals surface area contributed by atoms with Crippen molar-refractivity contribution >= 4 is 5.91 Å². The molecule has 1 heterocycles. The Labute approximate surface area is 107 Å². The number of methoxy groups -OCH3 is 1. The Balaban J connectivity index is 2.58. The average Bonchev–Trinajstić information content (AvgIpc) is 2.72. The summed E-state index contributed by atoms with van der Waals surface area (Å²) in [6.45, 7) is 3.51. The average molecular weight is 255 g/mol. The van der Waals surface area contributed by atoms with E-state index in [2.05, 4.69) is 15.5 Å². The smallest absolute Gasteiger partial charge is 0.234 e. The summed E-state index contributed by atoms with van der Waals surface area (Å²) in [6.07, 6.45) is 1.64. The van der Waals surface area contributed by atoms with E-state index >= 15 is 0 Å². The van der Waals surface area contributed by atoms with E-state index < -0.39 is 0 Å². The molecule has 0 aliphatic carbocycles. The standard InChI is InChI=1S/C11H21N5O2/c1-9(13-10(17)7-15(2)3)11-14-12-8-16(11)5-6-18-4/h8-9H,5-7H2,1-4H3,(H,13,17)/t9-/m0/s1. The van der Waals surface area contributed by atoms with Crippen LogP contribution in [-0.2, 0) is 16.1 Å². The van der Waals surface area contributed by atoms with Crippen molar-refractivity contribution in [3.05, 3.63) is 12.2 Å². The van der Waals surface area contributed by atoms with Crippen LogP contribution in [0.15, 0.2) is 6.33 Å². The van der Waals surface area contributed by atoms with Crippen molar-refractivity contribution in [1.82, 2.24) is 25.0 Å². The molecule has 1 aromatic rings. The van der Waals surface area contributed by atoms with E-state index in [4.69, 9.17) is 4.74 Å². The second-order valence-electron chi connectivity index (χ2n) is 4.40. The summed E-state index contributed by atoms with van der Waals surface area (Å²) in [5.41, 5.74) is 0. The van der Waals surface area contributed by atoms with E-state index in [-0.39, 0.29) is 11.9 Å². The fraction of sp³-hybridized carbons (Fsp3) is 0.727. The topological polar surface area (TPSA) is 72.3 Å². The summed E-state index contributed by atoms with van der Waals surface area (Å²) in [4.78, 5) is 13.5. The van der Waals surface area contributed by atoms with Crippen molar-refractivity contribution in [2.24, 2.45) is 0 Å². The SMILES string of the molecule is COCCn1cnnc1[C@H](C)NC(=O)CN(C)C. The van der Waals surface area contributed by atoms with E-state index in [9.17, 15) is 4.79 Å². The molecule has 1 N–H and O–H groups in total. The first-order chi connectivity index (χ1) is 8.54. The lowest BCUT2D eigenvalue weighted by molar-refractivity contribution is -0.122. The highest BCUT2D eigenvalue weighted by molar-refractivity contribution is 5.78. The zero-order valence-corrected chi connectivity index (χ0v) is 11.4. The van der Waals surface area contributed by atoms with Crippen LogP contribution in [0.4, 0.5) is 0 Å².